The molecule has 0 saturated heterocycles. The first-order chi connectivity index (χ1) is 10.1. The number of ether oxygens (including phenoxy) is 3. The van der Waals surface area contributed by atoms with Gasteiger partial charge in [-0.15, -0.1) is 0 Å². The first-order valence-electron chi connectivity index (χ1n) is 7.91. The Bertz CT molecular complexity index is 401. The fourth-order valence-corrected chi connectivity index (χ4v) is 2.50. The summed E-state index contributed by atoms with van der Waals surface area (Å²) in [5.41, 5.74) is 1.32. The Morgan fingerprint density at radius 3 is 2.38 bits per heavy atom. The van der Waals surface area contributed by atoms with Crippen LogP contribution in [0, 0.1) is 11.8 Å². The molecular weight excluding hydrogens is 264 g/mol. The van der Waals surface area contributed by atoms with Crippen molar-refractivity contribution in [3.05, 3.63) is 23.8 Å². The molecule has 3 nitrogen and oxygen atoms in total. The second kappa shape index (κ2) is 9.67. The van der Waals surface area contributed by atoms with Crippen molar-refractivity contribution in [1.82, 2.24) is 0 Å². The molecule has 0 unspecified atom stereocenters. The SMILES string of the molecule is CC[C@H](Cc1ccc(OC)c(OCCCOC)c1)C(C)C. The molecule has 21 heavy (non-hydrogen) atoms. The van der Waals surface area contributed by atoms with E-state index in [9.17, 15) is 0 Å². The number of hydrogen-bond acceptors (Lipinski definition) is 3. The number of methoxy groups -OCH3 is 2. The van der Waals surface area contributed by atoms with Crippen molar-refractivity contribution in [3.8, 4) is 11.5 Å². The lowest BCUT2D eigenvalue weighted by Gasteiger charge is -2.20. The predicted molar refractivity (Wildman–Crippen MR) is 87.3 cm³/mol. The summed E-state index contributed by atoms with van der Waals surface area (Å²) in [7, 11) is 3.39. The molecule has 0 radical (unpaired) electrons. The van der Waals surface area contributed by atoms with E-state index < -0.39 is 0 Å². The quantitative estimate of drug-likeness (QED) is 0.601. The van der Waals surface area contributed by atoms with Crippen LogP contribution < -0.4 is 9.47 Å². The molecule has 1 aromatic carbocycles. The summed E-state index contributed by atoms with van der Waals surface area (Å²) < 4.78 is 16.3. The lowest BCUT2D eigenvalue weighted by Crippen LogP contribution is -2.11. The second-order valence-corrected chi connectivity index (χ2v) is 5.80. The van der Waals surface area contributed by atoms with Gasteiger partial charge in [0.15, 0.2) is 11.5 Å². The monoisotopic (exact) mass is 294 g/mol. The summed E-state index contributed by atoms with van der Waals surface area (Å²) in [5.74, 6) is 3.04. The van der Waals surface area contributed by atoms with Crippen LogP contribution in [-0.2, 0) is 11.2 Å². The van der Waals surface area contributed by atoms with Gasteiger partial charge in [-0.3, -0.25) is 0 Å². The number of benzene rings is 1. The lowest BCUT2D eigenvalue weighted by atomic mass is 9.87. The summed E-state index contributed by atoms with van der Waals surface area (Å²) in [6.07, 6.45) is 3.17. The normalized spacial score (nSPS) is 12.5. The van der Waals surface area contributed by atoms with Gasteiger partial charge in [-0.05, 0) is 36.0 Å². The molecule has 0 amide bonds. The summed E-state index contributed by atoms with van der Waals surface area (Å²) in [4.78, 5) is 0. The maximum Gasteiger partial charge on any atom is 0.161 e. The highest BCUT2D eigenvalue weighted by Gasteiger charge is 2.13. The van der Waals surface area contributed by atoms with Crippen LogP contribution in [0.25, 0.3) is 0 Å². The van der Waals surface area contributed by atoms with Crippen LogP contribution in [0.1, 0.15) is 39.2 Å². The molecule has 0 heterocycles. The third kappa shape index (κ3) is 5.96. The maximum absolute atomic E-state index is 5.84. The molecule has 0 bridgehead atoms. The van der Waals surface area contributed by atoms with Gasteiger partial charge in [0.05, 0.1) is 13.7 Å². The van der Waals surface area contributed by atoms with Crippen molar-refractivity contribution in [2.24, 2.45) is 11.8 Å². The summed E-state index contributed by atoms with van der Waals surface area (Å²) in [6.45, 7) is 8.21. The van der Waals surface area contributed by atoms with Gasteiger partial charge >= 0.3 is 0 Å². The molecular formula is C18H30O3. The zero-order valence-corrected chi connectivity index (χ0v) is 14.1. The predicted octanol–water partition coefficient (Wildman–Crippen LogP) is 4.34. The minimum Gasteiger partial charge on any atom is -0.493 e. The third-order valence-electron chi connectivity index (χ3n) is 3.94. The zero-order chi connectivity index (χ0) is 15.7. The summed E-state index contributed by atoms with van der Waals surface area (Å²) in [5, 5.41) is 0. The van der Waals surface area contributed by atoms with Crippen LogP contribution in [0.5, 0.6) is 11.5 Å². The Labute approximate surface area is 129 Å². The van der Waals surface area contributed by atoms with Crippen LogP contribution in [0.15, 0.2) is 18.2 Å². The van der Waals surface area contributed by atoms with Crippen molar-refractivity contribution >= 4 is 0 Å². The van der Waals surface area contributed by atoms with Gasteiger partial charge in [0.1, 0.15) is 0 Å². The summed E-state index contributed by atoms with van der Waals surface area (Å²) >= 11 is 0. The van der Waals surface area contributed by atoms with E-state index in [1.165, 1.54) is 12.0 Å². The smallest absolute Gasteiger partial charge is 0.161 e. The highest BCUT2D eigenvalue weighted by Crippen LogP contribution is 2.30. The van der Waals surface area contributed by atoms with Crippen molar-refractivity contribution in [2.75, 3.05) is 27.4 Å². The Kier molecular flexibility index (Phi) is 8.21. The third-order valence-corrected chi connectivity index (χ3v) is 3.94. The average molecular weight is 294 g/mol. The molecule has 1 aromatic rings. The molecule has 0 aliphatic carbocycles. The Morgan fingerprint density at radius 1 is 1.05 bits per heavy atom. The van der Waals surface area contributed by atoms with Gasteiger partial charge in [0, 0.05) is 20.1 Å². The van der Waals surface area contributed by atoms with Gasteiger partial charge in [0.25, 0.3) is 0 Å². The van der Waals surface area contributed by atoms with Crippen LogP contribution >= 0.6 is 0 Å². The molecule has 0 aliphatic heterocycles. The molecule has 0 N–H and O–H groups in total. The van der Waals surface area contributed by atoms with E-state index in [0.29, 0.717) is 25.0 Å². The van der Waals surface area contributed by atoms with E-state index >= 15 is 0 Å². The van der Waals surface area contributed by atoms with Gasteiger partial charge in [-0.1, -0.05) is 33.3 Å². The van der Waals surface area contributed by atoms with Crippen LogP contribution in [0.3, 0.4) is 0 Å². The molecule has 0 aromatic heterocycles. The largest absolute Gasteiger partial charge is 0.493 e. The number of rotatable bonds is 10. The molecule has 0 saturated carbocycles. The fourth-order valence-electron chi connectivity index (χ4n) is 2.50. The van der Waals surface area contributed by atoms with Crippen molar-refractivity contribution in [3.63, 3.8) is 0 Å². The van der Waals surface area contributed by atoms with Crippen molar-refractivity contribution < 1.29 is 14.2 Å². The average Bonchev–Trinajstić information content (AvgIpc) is 2.49. The topological polar surface area (TPSA) is 27.7 Å². The standard InChI is InChI=1S/C18H30O3/c1-6-16(14(2)3)12-15-8-9-17(20-5)18(13-15)21-11-7-10-19-4/h8-9,13-14,16H,6-7,10-12H2,1-5H3/t16-/m1/s1. The van der Waals surface area contributed by atoms with Gasteiger partial charge < -0.3 is 14.2 Å². The molecule has 0 fully saturated rings. The van der Waals surface area contributed by atoms with Gasteiger partial charge in [-0.25, -0.2) is 0 Å². The highest BCUT2D eigenvalue weighted by molar-refractivity contribution is 5.43. The molecule has 0 aliphatic rings. The van der Waals surface area contributed by atoms with E-state index in [1.807, 2.05) is 6.07 Å². The van der Waals surface area contributed by atoms with Gasteiger partial charge in [0.2, 0.25) is 0 Å². The van der Waals surface area contributed by atoms with Crippen molar-refractivity contribution in [1.29, 1.82) is 0 Å². The maximum atomic E-state index is 5.84. The lowest BCUT2D eigenvalue weighted by molar-refractivity contribution is 0.170. The zero-order valence-electron chi connectivity index (χ0n) is 14.1. The van der Waals surface area contributed by atoms with Gasteiger partial charge in [-0.2, -0.15) is 0 Å². The highest BCUT2D eigenvalue weighted by atomic mass is 16.5. The molecule has 0 spiro atoms. The Balaban J connectivity index is 2.74. The van der Waals surface area contributed by atoms with Crippen LogP contribution in [-0.4, -0.2) is 27.4 Å². The molecule has 1 rings (SSSR count). The van der Waals surface area contributed by atoms with E-state index in [2.05, 4.69) is 32.9 Å². The first kappa shape index (κ1) is 17.8. The summed E-state index contributed by atoms with van der Waals surface area (Å²) in [6, 6.07) is 6.27. The van der Waals surface area contributed by atoms with E-state index in [1.54, 1.807) is 14.2 Å². The van der Waals surface area contributed by atoms with E-state index in [4.69, 9.17) is 14.2 Å². The molecule has 3 heteroatoms. The van der Waals surface area contributed by atoms with Crippen LogP contribution in [0.2, 0.25) is 0 Å². The Morgan fingerprint density at radius 2 is 1.81 bits per heavy atom. The fraction of sp³-hybridized carbons (Fsp3) is 0.667. The van der Waals surface area contributed by atoms with E-state index in [0.717, 1.165) is 24.3 Å². The second-order valence-electron chi connectivity index (χ2n) is 5.80. The molecule has 120 valence electrons. The number of hydrogen-bond donors (Lipinski definition) is 0. The van der Waals surface area contributed by atoms with Crippen LogP contribution in [0.4, 0.5) is 0 Å². The van der Waals surface area contributed by atoms with E-state index in [-0.39, 0.29) is 0 Å². The van der Waals surface area contributed by atoms with Crippen molar-refractivity contribution in [2.45, 2.75) is 40.0 Å². The molecule has 1 atom stereocenters. The minimum absolute atomic E-state index is 0.648. The first-order valence-corrected chi connectivity index (χ1v) is 7.91. The Hall–Kier alpha value is -1.22. The minimum atomic E-state index is 0.648.